The predicted octanol–water partition coefficient (Wildman–Crippen LogP) is 2.51. The first kappa shape index (κ1) is 16.4. The Morgan fingerprint density at radius 3 is 2.76 bits per heavy atom. The summed E-state index contributed by atoms with van der Waals surface area (Å²) >= 11 is 0. The summed E-state index contributed by atoms with van der Waals surface area (Å²) in [7, 11) is 3.81. The van der Waals surface area contributed by atoms with Crippen molar-refractivity contribution in [3.63, 3.8) is 0 Å². The zero-order valence-corrected chi connectivity index (χ0v) is 15.3. The maximum absolute atomic E-state index is 12.3. The van der Waals surface area contributed by atoms with Gasteiger partial charge in [-0.15, -0.1) is 0 Å². The van der Waals surface area contributed by atoms with Gasteiger partial charge in [0, 0.05) is 43.7 Å². The number of likely N-dealkylation sites (tertiary alicyclic amines) is 1. The number of likely N-dealkylation sites (N-methyl/N-ethyl adjacent to an activating group) is 1. The second-order valence-corrected chi connectivity index (χ2v) is 7.57. The van der Waals surface area contributed by atoms with Crippen LogP contribution >= 0.6 is 0 Å². The third-order valence-electron chi connectivity index (χ3n) is 5.87. The molecule has 1 aliphatic carbocycles. The van der Waals surface area contributed by atoms with Gasteiger partial charge in [0.2, 0.25) is 5.91 Å². The molecule has 1 aliphatic heterocycles. The molecule has 1 saturated carbocycles. The van der Waals surface area contributed by atoms with E-state index in [0.29, 0.717) is 18.9 Å². The number of aryl methyl sites for hydroxylation is 1. The molecule has 4 atom stereocenters. The smallest absolute Gasteiger partial charge is 0.224 e. The lowest BCUT2D eigenvalue weighted by atomic mass is 10.0. The maximum atomic E-state index is 12.3. The number of amides is 1. The molecule has 0 spiro atoms. The molecule has 0 unspecified atom stereocenters. The van der Waals surface area contributed by atoms with Crippen molar-refractivity contribution in [3.8, 4) is 0 Å². The first-order valence-corrected chi connectivity index (χ1v) is 9.02. The lowest BCUT2D eigenvalue weighted by molar-refractivity contribution is -0.127. The largest absolute Gasteiger partial charge is 0.464 e. The van der Waals surface area contributed by atoms with Crippen molar-refractivity contribution in [2.24, 2.45) is 13.0 Å². The van der Waals surface area contributed by atoms with Gasteiger partial charge in [0.1, 0.15) is 11.5 Å². The lowest BCUT2D eigenvalue weighted by Crippen LogP contribution is -2.35. The molecule has 2 aromatic rings. The Hall–Kier alpha value is -2.08. The number of hydrogen-bond donors (Lipinski definition) is 1. The van der Waals surface area contributed by atoms with E-state index in [-0.39, 0.29) is 18.0 Å². The summed E-state index contributed by atoms with van der Waals surface area (Å²) in [5.41, 5.74) is 2.21. The molecule has 0 radical (unpaired) electrons. The number of hydrogen-bond acceptors (Lipinski definition) is 4. The van der Waals surface area contributed by atoms with Crippen molar-refractivity contribution in [1.82, 2.24) is 20.0 Å². The molecule has 0 bridgehead atoms. The lowest BCUT2D eigenvalue weighted by Gasteiger charge is -2.25. The van der Waals surface area contributed by atoms with Gasteiger partial charge in [0.05, 0.1) is 18.8 Å². The molecule has 2 aromatic heterocycles. The average Bonchev–Trinajstić information content (AvgIpc) is 2.90. The molecule has 3 heterocycles. The number of nitrogens with zero attached hydrogens (tertiary/aromatic N) is 3. The van der Waals surface area contributed by atoms with Crippen LogP contribution in [-0.2, 0) is 18.4 Å². The highest BCUT2D eigenvalue weighted by Crippen LogP contribution is 2.47. The first-order valence-electron chi connectivity index (χ1n) is 9.02. The maximum Gasteiger partial charge on any atom is 0.224 e. The van der Waals surface area contributed by atoms with Crippen LogP contribution in [0, 0.1) is 12.8 Å². The van der Waals surface area contributed by atoms with Crippen LogP contribution in [0.4, 0.5) is 0 Å². The van der Waals surface area contributed by atoms with Gasteiger partial charge in [0.25, 0.3) is 0 Å². The van der Waals surface area contributed by atoms with Crippen molar-refractivity contribution in [3.05, 3.63) is 41.1 Å². The molecule has 1 N–H and O–H groups in total. The van der Waals surface area contributed by atoms with Crippen LogP contribution in [-0.4, -0.2) is 33.7 Å². The fraction of sp³-hybridized carbons (Fsp3) is 0.579. The fourth-order valence-electron chi connectivity index (χ4n) is 3.92. The average molecular weight is 342 g/mol. The van der Waals surface area contributed by atoms with Crippen molar-refractivity contribution >= 4 is 5.91 Å². The van der Waals surface area contributed by atoms with Gasteiger partial charge < -0.3 is 14.6 Å². The number of aromatic nitrogens is 2. The molecule has 6 heteroatoms. The Kier molecular flexibility index (Phi) is 3.95. The minimum Gasteiger partial charge on any atom is -0.464 e. The van der Waals surface area contributed by atoms with E-state index in [2.05, 4.69) is 29.5 Å². The molecule has 134 valence electrons. The van der Waals surface area contributed by atoms with Gasteiger partial charge in [-0.25, -0.2) is 0 Å². The summed E-state index contributed by atoms with van der Waals surface area (Å²) in [4.78, 5) is 14.1. The third kappa shape index (κ3) is 2.88. The molecule has 6 nitrogen and oxygen atoms in total. The molecule has 0 aromatic carbocycles. The zero-order valence-electron chi connectivity index (χ0n) is 15.3. The summed E-state index contributed by atoms with van der Waals surface area (Å²) in [5.74, 6) is 3.55. The highest BCUT2D eigenvalue weighted by Gasteiger charge is 2.40. The van der Waals surface area contributed by atoms with Gasteiger partial charge in [-0.1, -0.05) is 6.92 Å². The van der Waals surface area contributed by atoms with Crippen molar-refractivity contribution in [1.29, 1.82) is 0 Å². The molecular formula is C19H26N4O2. The topological polar surface area (TPSA) is 63.3 Å². The normalized spacial score (nSPS) is 28.8. The zero-order chi connectivity index (χ0) is 17.7. The van der Waals surface area contributed by atoms with Crippen LogP contribution < -0.4 is 5.32 Å². The van der Waals surface area contributed by atoms with Gasteiger partial charge in [-0.2, -0.15) is 5.10 Å². The molecule has 1 amide bonds. The Labute approximate surface area is 148 Å². The summed E-state index contributed by atoms with van der Waals surface area (Å²) < 4.78 is 7.84. The molecule has 2 aliphatic rings. The van der Waals surface area contributed by atoms with E-state index in [9.17, 15) is 4.79 Å². The fourth-order valence-corrected chi connectivity index (χ4v) is 3.92. The van der Waals surface area contributed by atoms with E-state index in [1.165, 1.54) is 6.42 Å². The van der Waals surface area contributed by atoms with Gasteiger partial charge in [-0.05, 0) is 31.4 Å². The monoisotopic (exact) mass is 342 g/mol. The highest BCUT2D eigenvalue weighted by atomic mass is 16.3. The summed E-state index contributed by atoms with van der Waals surface area (Å²) in [5, 5.41) is 7.88. The second-order valence-electron chi connectivity index (χ2n) is 7.57. The van der Waals surface area contributed by atoms with E-state index >= 15 is 0 Å². The third-order valence-corrected chi connectivity index (χ3v) is 5.87. The first-order chi connectivity index (χ1) is 12.0. The summed E-state index contributed by atoms with van der Waals surface area (Å²) in [6, 6.07) is 4.23. The standard InChI is InChI=1S/C19H26N4O2/c1-11-7-14(11)17-6-5-13(25-17)9-20-16-8-18(24)22(3)19(16)15-10-21-23(4)12(15)2/h5-6,10-11,14,16,19-20H,7-9H2,1-4H3/t11-,14-,16-,19+/m1/s1. The van der Waals surface area contributed by atoms with Crippen LogP contribution in [0.3, 0.4) is 0 Å². The van der Waals surface area contributed by atoms with E-state index in [1.807, 2.05) is 36.8 Å². The van der Waals surface area contributed by atoms with Crippen LogP contribution in [0.2, 0.25) is 0 Å². The molecule has 4 rings (SSSR count). The van der Waals surface area contributed by atoms with Crippen LogP contribution in [0.15, 0.2) is 22.7 Å². The van der Waals surface area contributed by atoms with Crippen LogP contribution in [0.1, 0.15) is 54.5 Å². The molecule has 1 saturated heterocycles. The van der Waals surface area contributed by atoms with E-state index in [1.54, 1.807) is 0 Å². The SMILES string of the molecule is Cc1c([C@H]2[C@H](NCc3ccc([C@@H]4C[C@H]4C)o3)CC(=O)N2C)cnn1C. The minimum absolute atomic E-state index is 0.0130. The van der Waals surface area contributed by atoms with E-state index in [4.69, 9.17) is 4.42 Å². The van der Waals surface area contributed by atoms with Crippen molar-refractivity contribution in [2.75, 3.05) is 7.05 Å². The minimum atomic E-state index is 0.0130. The number of rotatable bonds is 5. The predicted molar refractivity (Wildman–Crippen MR) is 93.9 cm³/mol. The second kappa shape index (κ2) is 6.02. The highest BCUT2D eigenvalue weighted by molar-refractivity contribution is 5.80. The van der Waals surface area contributed by atoms with Crippen molar-refractivity contribution < 1.29 is 9.21 Å². The van der Waals surface area contributed by atoms with E-state index < -0.39 is 0 Å². The van der Waals surface area contributed by atoms with E-state index in [0.717, 1.165) is 28.7 Å². The van der Waals surface area contributed by atoms with Gasteiger partial charge in [-0.3, -0.25) is 9.48 Å². The Balaban J connectivity index is 1.47. The Morgan fingerprint density at radius 1 is 1.36 bits per heavy atom. The Bertz CT molecular complexity index is 793. The quantitative estimate of drug-likeness (QED) is 0.907. The van der Waals surface area contributed by atoms with Crippen LogP contribution in [0.5, 0.6) is 0 Å². The number of carbonyl (C=O) groups excluding carboxylic acids is 1. The number of nitrogens with one attached hydrogen (secondary N) is 1. The van der Waals surface area contributed by atoms with Crippen LogP contribution in [0.25, 0.3) is 0 Å². The number of carbonyl (C=O) groups is 1. The molecule has 2 fully saturated rings. The molecule has 25 heavy (non-hydrogen) atoms. The summed E-state index contributed by atoms with van der Waals surface area (Å²) in [6.07, 6.45) is 3.61. The molecular weight excluding hydrogens is 316 g/mol. The Morgan fingerprint density at radius 2 is 2.12 bits per heavy atom. The van der Waals surface area contributed by atoms with Gasteiger partial charge in [0.15, 0.2) is 0 Å². The summed E-state index contributed by atoms with van der Waals surface area (Å²) in [6.45, 7) is 4.94. The number of furan rings is 1. The van der Waals surface area contributed by atoms with Gasteiger partial charge >= 0.3 is 0 Å². The van der Waals surface area contributed by atoms with Crippen molar-refractivity contribution in [2.45, 2.75) is 51.2 Å².